The zero-order valence-corrected chi connectivity index (χ0v) is 16.2. The molecule has 0 atom stereocenters. The number of aromatic hydroxyl groups is 1. The maximum absolute atomic E-state index is 13.8. The first-order chi connectivity index (χ1) is 14.8. The molecule has 2 heterocycles. The summed E-state index contributed by atoms with van der Waals surface area (Å²) in [5, 5.41) is 12.5. The maximum Gasteiger partial charge on any atom is 0.279 e. The van der Waals surface area contributed by atoms with Gasteiger partial charge in [-0.25, -0.2) is 13.2 Å². The number of carbonyl (C=O) groups excluding carboxylic acids is 1. The Labute approximate surface area is 173 Å². The molecule has 1 aromatic carbocycles. The van der Waals surface area contributed by atoms with Crippen LogP contribution in [0, 0.1) is 17.5 Å². The van der Waals surface area contributed by atoms with E-state index in [2.05, 4.69) is 5.32 Å². The molecule has 3 aromatic rings. The lowest BCUT2D eigenvalue weighted by molar-refractivity contribution is 0.0948. The highest BCUT2D eigenvalue weighted by Gasteiger charge is 2.23. The number of hydrogen-bond acceptors (Lipinski definition) is 4. The molecule has 1 amide bonds. The summed E-state index contributed by atoms with van der Waals surface area (Å²) in [6.07, 6.45) is 7.65. The minimum absolute atomic E-state index is 0.0181. The fourth-order valence-electron chi connectivity index (χ4n) is 3.92. The molecule has 0 radical (unpaired) electrons. The normalized spacial score (nSPS) is 14.3. The Bertz CT molecular complexity index is 1290. The Hall–Kier alpha value is -3.56. The number of benzene rings is 1. The molecule has 0 spiro atoms. The molecule has 1 aliphatic carbocycles. The van der Waals surface area contributed by atoms with E-state index in [9.17, 15) is 32.7 Å². The van der Waals surface area contributed by atoms with Crippen LogP contribution in [0.2, 0.25) is 0 Å². The lowest BCUT2D eigenvalue weighted by Gasteiger charge is -2.15. The number of rotatable bonds is 4. The summed E-state index contributed by atoms with van der Waals surface area (Å²) in [5.41, 5.74) is -2.99. The molecule has 10 heteroatoms. The molecule has 1 aliphatic rings. The number of nitrogens with one attached hydrogen (secondary N) is 1. The van der Waals surface area contributed by atoms with Gasteiger partial charge in [-0.2, -0.15) is 0 Å². The first-order valence-electron chi connectivity index (χ1n) is 9.68. The zero-order chi connectivity index (χ0) is 22.3. The van der Waals surface area contributed by atoms with Crippen LogP contribution in [-0.4, -0.2) is 20.0 Å². The molecule has 0 aliphatic heterocycles. The highest BCUT2D eigenvalue weighted by atomic mass is 19.1. The summed E-state index contributed by atoms with van der Waals surface area (Å²) >= 11 is 0. The summed E-state index contributed by atoms with van der Waals surface area (Å²) in [6.45, 7) is -0.650. The van der Waals surface area contributed by atoms with Gasteiger partial charge in [0.15, 0.2) is 11.3 Å². The number of nitrogens with zero attached hydrogens (tertiary/aromatic N) is 2. The predicted octanol–water partition coefficient (Wildman–Crippen LogP) is 2.63. The van der Waals surface area contributed by atoms with Crippen molar-refractivity contribution in [2.45, 2.75) is 38.3 Å². The van der Waals surface area contributed by atoms with Crippen molar-refractivity contribution in [3.63, 3.8) is 0 Å². The molecule has 2 N–H and O–H groups in total. The second-order valence-corrected chi connectivity index (χ2v) is 7.46. The Morgan fingerprint density at radius 1 is 1.10 bits per heavy atom. The standard InChI is InChI=1S/C21H18F3N3O4/c22-11-7-15(23)13(16(24)8-11)9-25-20(30)14-10-26-5-6-27(12-3-1-2-4-12)21(31)17(26)19(29)18(14)28/h5-8,10,12,29H,1-4,9H2,(H,25,30). The summed E-state index contributed by atoms with van der Waals surface area (Å²) in [6, 6.07) is 0.920. The first-order valence-corrected chi connectivity index (χ1v) is 9.68. The zero-order valence-electron chi connectivity index (χ0n) is 16.2. The first kappa shape index (κ1) is 20.7. The summed E-state index contributed by atoms with van der Waals surface area (Å²) in [5.74, 6) is -5.39. The van der Waals surface area contributed by atoms with Gasteiger partial charge in [0.25, 0.3) is 11.5 Å². The van der Waals surface area contributed by atoms with Crippen molar-refractivity contribution < 1.29 is 23.1 Å². The molecule has 0 unspecified atom stereocenters. The van der Waals surface area contributed by atoms with Gasteiger partial charge >= 0.3 is 0 Å². The van der Waals surface area contributed by atoms with E-state index in [0.29, 0.717) is 12.1 Å². The van der Waals surface area contributed by atoms with E-state index >= 15 is 0 Å². The number of amides is 1. The second kappa shape index (κ2) is 7.93. The molecule has 0 bridgehead atoms. The fraction of sp³-hybridized carbons (Fsp3) is 0.286. The molecular weight excluding hydrogens is 415 g/mol. The topological polar surface area (TPSA) is 92.8 Å². The average Bonchev–Trinajstić information content (AvgIpc) is 3.24. The van der Waals surface area contributed by atoms with Gasteiger partial charge in [0.1, 0.15) is 23.0 Å². The number of pyridine rings is 1. The third kappa shape index (κ3) is 3.69. The van der Waals surface area contributed by atoms with Gasteiger partial charge in [0.05, 0.1) is 0 Å². The quantitative estimate of drug-likeness (QED) is 0.662. The predicted molar refractivity (Wildman–Crippen MR) is 105 cm³/mol. The summed E-state index contributed by atoms with van der Waals surface area (Å²) < 4.78 is 43.2. The van der Waals surface area contributed by atoms with Crippen LogP contribution >= 0.6 is 0 Å². The smallest absolute Gasteiger partial charge is 0.279 e. The third-order valence-electron chi connectivity index (χ3n) is 5.53. The average molecular weight is 433 g/mol. The van der Waals surface area contributed by atoms with Gasteiger partial charge in [-0.05, 0) is 12.8 Å². The van der Waals surface area contributed by atoms with Crippen LogP contribution in [-0.2, 0) is 6.54 Å². The molecule has 4 rings (SSSR count). The Morgan fingerprint density at radius 3 is 2.39 bits per heavy atom. The number of halogens is 3. The summed E-state index contributed by atoms with van der Waals surface area (Å²) in [4.78, 5) is 37.8. The van der Waals surface area contributed by atoms with Gasteiger partial charge < -0.3 is 19.4 Å². The van der Waals surface area contributed by atoms with E-state index in [1.165, 1.54) is 21.4 Å². The van der Waals surface area contributed by atoms with E-state index in [-0.39, 0.29) is 11.6 Å². The molecule has 0 saturated heterocycles. The van der Waals surface area contributed by atoms with Crippen molar-refractivity contribution in [2.75, 3.05) is 0 Å². The van der Waals surface area contributed by atoms with E-state index in [1.807, 2.05) is 0 Å². The van der Waals surface area contributed by atoms with Gasteiger partial charge in [-0.15, -0.1) is 0 Å². The van der Waals surface area contributed by atoms with Crippen LogP contribution in [0.1, 0.15) is 47.6 Å². The van der Waals surface area contributed by atoms with Crippen molar-refractivity contribution >= 4 is 11.4 Å². The van der Waals surface area contributed by atoms with Crippen molar-refractivity contribution in [2.24, 2.45) is 0 Å². The Balaban J connectivity index is 1.67. The van der Waals surface area contributed by atoms with Crippen LogP contribution in [0.25, 0.3) is 5.52 Å². The monoisotopic (exact) mass is 433 g/mol. The highest BCUT2D eigenvalue weighted by Crippen LogP contribution is 2.28. The van der Waals surface area contributed by atoms with Crippen LogP contribution in [0.5, 0.6) is 5.75 Å². The van der Waals surface area contributed by atoms with Crippen LogP contribution in [0.3, 0.4) is 0 Å². The summed E-state index contributed by atoms with van der Waals surface area (Å²) in [7, 11) is 0. The van der Waals surface area contributed by atoms with Crippen molar-refractivity contribution in [1.82, 2.24) is 14.3 Å². The number of carbonyl (C=O) groups is 1. The van der Waals surface area contributed by atoms with Crippen molar-refractivity contribution in [3.8, 4) is 5.75 Å². The van der Waals surface area contributed by atoms with E-state index in [1.54, 1.807) is 0 Å². The molecule has 1 fully saturated rings. The lowest BCUT2D eigenvalue weighted by atomic mass is 10.1. The third-order valence-corrected chi connectivity index (χ3v) is 5.53. The van der Waals surface area contributed by atoms with Crippen LogP contribution in [0.4, 0.5) is 13.2 Å². The molecule has 2 aromatic heterocycles. The molecule has 1 saturated carbocycles. The number of aromatic nitrogens is 2. The van der Waals surface area contributed by atoms with Crippen molar-refractivity contribution in [3.05, 3.63) is 79.9 Å². The second-order valence-electron chi connectivity index (χ2n) is 7.46. The SMILES string of the molecule is O=C(NCc1c(F)cc(F)cc1F)c1cn2ccn(C3CCCC3)c(=O)c2c(O)c1=O. The van der Waals surface area contributed by atoms with Gasteiger partial charge in [-0.3, -0.25) is 14.4 Å². The Kier molecular flexibility index (Phi) is 5.30. The molecule has 7 nitrogen and oxygen atoms in total. The van der Waals surface area contributed by atoms with Gasteiger partial charge in [0, 0.05) is 48.9 Å². The molecular formula is C21H18F3N3O4. The lowest BCUT2D eigenvalue weighted by Crippen LogP contribution is -2.31. The van der Waals surface area contributed by atoms with Crippen molar-refractivity contribution in [1.29, 1.82) is 0 Å². The van der Waals surface area contributed by atoms with E-state index in [4.69, 9.17) is 0 Å². The fourth-order valence-corrected chi connectivity index (χ4v) is 3.92. The van der Waals surface area contributed by atoms with E-state index in [0.717, 1.165) is 31.9 Å². The minimum Gasteiger partial charge on any atom is -0.503 e. The molecule has 31 heavy (non-hydrogen) atoms. The number of fused-ring (bicyclic) bond motifs is 1. The van der Waals surface area contributed by atoms with E-state index < -0.39 is 57.8 Å². The highest BCUT2D eigenvalue weighted by molar-refractivity contribution is 5.94. The van der Waals surface area contributed by atoms with Crippen LogP contribution < -0.4 is 16.3 Å². The maximum atomic E-state index is 13.8. The largest absolute Gasteiger partial charge is 0.503 e. The minimum atomic E-state index is -1.19. The molecule has 162 valence electrons. The number of hydrogen-bond donors (Lipinski definition) is 2. The Morgan fingerprint density at radius 2 is 1.74 bits per heavy atom. The van der Waals surface area contributed by atoms with Crippen LogP contribution in [0.15, 0.2) is 40.3 Å². The van der Waals surface area contributed by atoms with Gasteiger partial charge in [0.2, 0.25) is 5.43 Å². The van der Waals surface area contributed by atoms with Gasteiger partial charge in [-0.1, -0.05) is 12.8 Å².